The first-order valence-corrected chi connectivity index (χ1v) is 6.09. The van der Waals surface area contributed by atoms with Crippen molar-refractivity contribution >= 4 is 0 Å². The number of nitrogens with two attached hydrogens (primary N) is 1. The Morgan fingerprint density at radius 1 is 1.22 bits per heavy atom. The fourth-order valence-corrected chi connectivity index (χ4v) is 1.72. The molecule has 0 spiro atoms. The summed E-state index contributed by atoms with van der Waals surface area (Å²) >= 11 is 0. The smallest absolute Gasteiger partial charge is 0.119 e. The lowest BCUT2D eigenvalue weighted by atomic mass is 10.2. The number of aromatic nitrogens is 3. The Bertz CT molecular complexity index is 478. The second kappa shape index (κ2) is 6.16. The molecule has 0 saturated carbocycles. The fraction of sp³-hybridized carbons (Fsp3) is 0.385. The molecule has 2 rings (SSSR count). The minimum absolute atomic E-state index is 0.729. The van der Waals surface area contributed by atoms with E-state index in [9.17, 15) is 0 Å². The highest BCUT2D eigenvalue weighted by Crippen LogP contribution is 2.14. The van der Waals surface area contributed by atoms with Gasteiger partial charge in [0.15, 0.2) is 0 Å². The molecule has 0 saturated heterocycles. The summed E-state index contributed by atoms with van der Waals surface area (Å²) in [5.74, 6) is 0.835. The zero-order valence-electron chi connectivity index (χ0n) is 10.5. The van der Waals surface area contributed by atoms with Crippen molar-refractivity contribution in [1.29, 1.82) is 0 Å². The average molecular weight is 246 g/mol. The fourth-order valence-electron chi connectivity index (χ4n) is 1.72. The third-order valence-corrected chi connectivity index (χ3v) is 2.76. The quantitative estimate of drug-likeness (QED) is 0.785. The number of ether oxygens (including phenoxy) is 1. The largest absolute Gasteiger partial charge is 0.497 e. The first-order chi connectivity index (χ1) is 8.83. The van der Waals surface area contributed by atoms with Crippen LogP contribution >= 0.6 is 0 Å². The van der Waals surface area contributed by atoms with Crippen molar-refractivity contribution < 1.29 is 4.74 Å². The van der Waals surface area contributed by atoms with Crippen LogP contribution < -0.4 is 10.5 Å². The van der Waals surface area contributed by atoms with E-state index in [4.69, 9.17) is 10.5 Å². The van der Waals surface area contributed by atoms with Crippen LogP contribution in [0.25, 0.3) is 5.69 Å². The molecular weight excluding hydrogens is 228 g/mol. The molecular formula is C13H18N4O. The Morgan fingerprint density at radius 3 is 2.67 bits per heavy atom. The van der Waals surface area contributed by atoms with Gasteiger partial charge < -0.3 is 10.5 Å². The van der Waals surface area contributed by atoms with E-state index in [2.05, 4.69) is 10.3 Å². The van der Waals surface area contributed by atoms with E-state index in [1.807, 2.05) is 30.5 Å². The summed E-state index contributed by atoms with van der Waals surface area (Å²) in [5.41, 5.74) is 7.44. The molecule has 0 atom stereocenters. The van der Waals surface area contributed by atoms with Gasteiger partial charge in [0.1, 0.15) is 5.75 Å². The zero-order valence-corrected chi connectivity index (χ0v) is 10.5. The van der Waals surface area contributed by atoms with Crippen molar-refractivity contribution in [3.8, 4) is 11.4 Å². The molecule has 0 amide bonds. The maximum absolute atomic E-state index is 5.46. The second-order valence-electron chi connectivity index (χ2n) is 4.10. The van der Waals surface area contributed by atoms with E-state index < -0.39 is 0 Å². The van der Waals surface area contributed by atoms with Crippen molar-refractivity contribution in [2.75, 3.05) is 13.7 Å². The number of hydrogen-bond donors (Lipinski definition) is 1. The van der Waals surface area contributed by atoms with Gasteiger partial charge in [-0.3, -0.25) is 0 Å². The van der Waals surface area contributed by atoms with Crippen molar-refractivity contribution in [2.45, 2.75) is 19.3 Å². The molecule has 0 aliphatic rings. The predicted octanol–water partition coefficient (Wildman–Crippen LogP) is 1.56. The Labute approximate surface area is 107 Å². The van der Waals surface area contributed by atoms with E-state index in [0.29, 0.717) is 0 Å². The number of aryl methyl sites for hydroxylation is 1. The predicted molar refractivity (Wildman–Crippen MR) is 69.9 cm³/mol. The summed E-state index contributed by atoms with van der Waals surface area (Å²) in [6.07, 6.45) is 4.96. The zero-order chi connectivity index (χ0) is 12.8. The van der Waals surface area contributed by atoms with Gasteiger partial charge in [-0.1, -0.05) is 5.21 Å². The van der Waals surface area contributed by atoms with Gasteiger partial charge in [-0.15, -0.1) is 5.10 Å². The number of rotatable bonds is 6. The molecule has 1 heterocycles. The summed E-state index contributed by atoms with van der Waals surface area (Å²) in [4.78, 5) is 0. The molecule has 5 nitrogen and oxygen atoms in total. The summed E-state index contributed by atoms with van der Waals surface area (Å²) in [7, 11) is 1.65. The van der Waals surface area contributed by atoms with Crippen LogP contribution in [0.3, 0.4) is 0 Å². The van der Waals surface area contributed by atoms with Crippen molar-refractivity contribution in [3.05, 3.63) is 36.2 Å². The van der Waals surface area contributed by atoms with Gasteiger partial charge in [0.2, 0.25) is 0 Å². The van der Waals surface area contributed by atoms with Gasteiger partial charge in [0, 0.05) is 0 Å². The Morgan fingerprint density at radius 2 is 2.00 bits per heavy atom. The summed E-state index contributed by atoms with van der Waals surface area (Å²) in [5, 5.41) is 8.26. The molecule has 96 valence electrons. The highest BCUT2D eigenvalue weighted by molar-refractivity contribution is 5.36. The average Bonchev–Trinajstić information content (AvgIpc) is 2.88. The number of hydrogen-bond acceptors (Lipinski definition) is 4. The molecule has 0 unspecified atom stereocenters. The van der Waals surface area contributed by atoms with Crippen LogP contribution in [0.2, 0.25) is 0 Å². The van der Waals surface area contributed by atoms with E-state index in [0.717, 1.165) is 42.9 Å². The lowest BCUT2D eigenvalue weighted by Gasteiger charge is -2.02. The second-order valence-corrected chi connectivity index (χ2v) is 4.10. The van der Waals surface area contributed by atoms with E-state index in [-0.39, 0.29) is 0 Å². The summed E-state index contributed by atoms with van der Waals surface area (Å²) < 4.78 is 6.89. The Kier molecular flexibility index (Phi) is 4.30. The minimum Gasteiger partial charge on any atom is -0.497 e. The van der Waals surface area contributed by atoms with Gasteiger partial charge in [-0.25, -0.2) is 4.68 Å². The first kappa shape index (κ1) is 12.6. The van der Waals surface area contributed by atoms with Gasteiger partial charge in [-0.05, 0) is 50.1 Å². The standard InChI is InChI=1S/C13H18N4O/c1-18-13-7-5-12(6-8-13)17-10-11(15-16-17)4-2-3-9-14/h5-8,10H,2-4,9,14H2,1H3. The maximum Gasteiger partial charge on any atom is 0.119 e. The normalized spacial score (nSPS) is 10.6. The van der Waals surface area contributed by atoms with Gasteiger partial charge in [-0.2, -0.15) is 0 Å². The molecule has 1 aromatic carbocycles. The lowest BCUT2D eigenvalue weighted by molar-refractivity contribution is 0.414. The SMILES string of the molecule is COc1ccc(-n2cc(CCCCN)nn2)cc1. The third kappa shape index (κ3) is 3.07. The van der Waals surface area contributed by atoms with E-state index in [1.54, 1.807) is 11.8 Å². The molecule has 2 N–H and O–H groups in total. The molecule has 1 aromatic heterocycles. The molecule has 0 aliphatic heterocycles. The molecule has 0 bridgehead atoms. The number of nitrogens with zero attached hydrogens (tertiary/aromatic N) is 3. The first-order valence-electron chi connectivity index (χ1n) is 6.09. The number of unbranched alkanes of at least 4 members (excludes halogenated alkanes) is 1. The highest BCUT2D eigenvalue weighted by Gasteiger charge is 2.02. The minimum atomic E-state index is 0.729. The van der Waals surface area contributed by atoms with E-state index in [1.165, 1.54) is 0 Å². The molecule has 2 aromatic rings. The van der Waals surface area contributed by atoms with Gasteiger partial charge >= 0.3 is 0 Å². The molecule has 0 fully saturated rings. The Hall–Kier alpha value is -1.88. The van der Waals surface area contributed by atoms with Crippen LogP contribution in [0, 0.1) is 0 Å². The van der Waals surface area contributed by atoms with Crippen molar-refractivity contribution in [1.82, 2.24) is 15.0 Å². The molecule has 5 heteroatoms. The van der Waals surface area contributed by atoms with Gasteiger partial charge in [0.05, 0.1) is 24.7 Å². The molecule has 18 heavy (non-hydrogen) atoms. The number of methoxy groups -OCH3 is 1. The number of benzene rings is 1. The highest BCUT2D eigenvalue weighted by atomic mass is 16.5. The summed E-state index contributed by atoms with van der Waals surface area (Å²) in [6.45, 7) is 0.729. The molecule has 0 aliphatic carbocycles. The van der Waals surface area contributed by atoms with Crippen LogP contribution in [0.1, 0.15) is 18.5 Å². The molecule has 0 radical (unpaired) electrons. The van der Waals surface area contributed by atoms with Crippen molar-refractivity contribution in [2.24, 2.45) is 5.73 Å². The van der Waals surface area contributed by atoms with Crippen LogP contribution in [-0.4, -0.2) is 28.6 Å². The van der Waals surface area contributed by atoms with Gasteiger partial charge in [0.25, 0.3) is 0 Å². The monoisotopic (exact) mass is 246 g/mol. The van der Waals surface area contributed by atoms with Crippen molar-refractivity contribution in [3.63, 3.8) is 0 Å². The summed E-state index contributed by atoms with van der Waals surface area (Å²) in [6, 6.07) is 7.73. The Balaban J connectivity index is 2.04. The lowest BCUT2D eigenvalue weighted by Crippen LogP contribution is -1.99. The van der Waals surface area contributed by atoms with Crippen LogP contribution in [0.15, 0.2) is 30.5 Å². The topological polar surface area (TPSA) is 66.0 Å². The van der Waals surface area contributed by atoms with Crippen LogP contribution in [-0.2, 0) is 6.42 Å². The van der Waals surface area contributed by atoms with E-state index >= 15 is 0 Å². The van der Waals surface area contributed by atoms with Crippen LogP contribution in [0.4, 0.5) is 0 Å². The van der Waals surface area contributed by atoms with Crippen LogP contribution in [0.5, 0.6) is 5.75 Å². The maximum atomic E-state index is 5.46. The third-order valence-electron chi connectivity index (χ3n) is 2.76.